The predicted octanol–water partition coefficient (Wildman–Crippen LogP) is 1.94. The molecule has 0 amide bonds. The molecule has 2 rings (SSSR count). The van der Waals surface area contributed by atoms with Crippen LogP contribution in [0.1, 0.15) is 23.9 Å². The van der Waals surface area contributed by atoms with E-state index in [0.717, 1.165) is 34.9 Å². The van der Waals surface area contributed by atoms with Gasteiger partial charge >= 0.3 is 0 Å². The molecule has 0 fully saturated rings. The Morgan fingerprint density at radius 1 is 1.47 bits per heavy atom. The first-order chi connectivity index (χ1) is 8.15. The van der Waals surface area contributed by atoms with Gasteiger partial charge in [-0.2, -0.15) is 5.10 Å². The van der Waals surface area contributed by atoms with Crippen molar-refractivity contribution in [1.82, 2.24) is 14.3 Å². The Morgan fingerprint density at radius 3 is 2.76 bits per heavy atom. The van der Waals surface area contributed by atoms with Crippen molar-refractivity contribution < 1.29 is 0 Å². The molecular formula is C12H17ClN4. The van der Waals surface area contributed by atoms with E-state index in [1.54, 1.807) is 0 Å². The molecule has 2 aromatic rings. The first kappa shape index (κ1) is 12.2. The highest BCUT2D eigenvalue weighted by Gasteiger charge is 2.12. The van der Waals surface area contributed by atoms with Crippen molar-refractivity contribution in [1.29, 1.82) is 0 Å². The van der Waals surface area contributed by atoms with Crippen molar-refractivity contribution in [3.63, 3.8) is 0 Å². The summed E-state index contributed by atoms with van der Waals surface area (Å²) in [5.41, 5.74) is 8.69. The first-order valence-corrected chi connectivity index (χ1v) is 6.08. The second-order valence-corrected chi connectivity index (χ2v) is 4.46. The van der Waals surface area contributed by atoms with Crippen LogP contribution in [0.2, 0.25) is 5.02 Å². The third-order valence-electron chi connectivity index (χ3n) is 2.88. The minimum atomic E-state index is 0.562. The molecule has 0 radical (unpaired) electrons. The summed E-state index contributed by atoms with van der Waals surface area (Å²) in [6.45, 7) is 3.34. The highest BCUT2D eigenvalue weighted by Crippen LogP contribution is 2.21. The second-order valence-electron chi connectivity index (χ2n) is 4.08. The lowest BCUT2D eigenvalue weighted by molar-refractivity contribution is 0.661. The standard InChI is InChI=1S/C12H17ClN4/c1-3-10-12(13)11(16(2)15-10)8-17-5-4-9(6-14)7-17/h4-5,7H,3,6,8,14H2,1-2H3. The van der Waals surface area contributed by atoms with Crippen molar-refractivity contribution in [2.24, 2.45) is 12.8 Å². The van der Waals surface area contributed by atoms with Gasteiger partial charge < -0.3 is 10.3 Å². The number of aromatic nitrogens is 3. The smallest absolute Gasteiger partial charge is 0.0868 e. The molecule has 92 valence electrons. The van der Waals surface area contributed by atoms with Gasteiger partial charge in [-0.05, 0) is 18.1 Å². The van der Waals surface area contributed by atoms with E-state index in [1.165, 1.54) is 0 Å². The van der Waals surface area contributed by atoms with E-state index in [2.05, 4.69) is 16.6 Å². The molecule has 4 nitrogen and oxygen atoms in total. The first-order valence-electron chi connectivity index (χ1n) is 5.70. The number of nitrogens with zero attached hydrogens (tertiary/aromatic N) is 3. The molecule has 0 bridgehead atoms. The summed E-state index contributed by atoms with van der Waals surface area (Å²) in [6.07, 6.45) is 4.90. The monoisotopic (exact) mass is 252 g/mol. The maximum absolute atomic E-state index is 6.30. The quantitative estimate of drug-likeness (QED) is 0.904. The summed E-state index contributed by atoms with van der Waals surface area (Å²) >= 11 is 6.30. The number of rotatable bonds is 4. The molecule has 2 heterocycles. The molecule has 0 aliphatic heterocycles. The van der Waals surface area contributed by atoms with Crippen LogP contribution in [0.4, 0.5) is 0 Å². The Balaban J connectivity index is 2.26. The highest BCUT2D eigenvalue weighted by molar-refractivity contribution is 6.31. The average molecular weight is 253 g/mol. The third kappa shape index (κ3) is 2.37. The molecule has 17 heavy (non-hydrogen) atoms. The van der Waals surface area contributed by atoms with Gasteiger partial charge in [0, 0.05) is 26.0 Å². The summed E-state index contributed by atoms with van der Waals surface area (Å²) in [7, 11) is 1.92. The van der Waals surface area contributed by atoms with Crippen LogP contribution in [0.25, 0.3) is 0 Å². The minimum absolute atomic E-state index is 0.562. The summed E-state index contributed by atoms with van der Waals surface area (Å²) in [5, 5.41) is 5.17. The maximum Gasteiger partial charge on any atom is 0.0868 e. The van der Waals surface area contributed by atoms with Crippen LogP contribution in [0.15, 0.2) is 18.5 Å². The van der Waals surface area contributed by atoms with Crippen molar-refractivity contribution in [3.8, 4) is 0 Å². The Bertz CT molecular complexity index is 513. The number of hydrogen-bond donors (Lipinski definition) is 1. The Hall–Kier alpha value is -1.26. The van der Waals surface area contributed by atoms with E-state index in [1.807, 2.05) is 30.2 Å². The van der Waals surface area contributed by atoms with Crippen LogP contribution in [0.5, 0.6) is 0 Å². The normalized spacial score (nSPS) is 11.1. The highest BCUT2D eigenvalue weighted by atomic mass is 35.5. The van der Waals surface area contributed by atoms with Gasteiger partial charge in [-0.1, -0.05) is 18.5 Å². The fraction of sp³-hybridized carbons (Fsp3) is 0.417. The summed E-state index contributed by atoms with van der Waals surface area (Å²) < 4.78 is 3.92. The molecule has 5 heteroatoms. The predicted molar refractivity (Wildman–Crippen MR) is 69.0 cm³/mol. The molecule has 0 unspecified atom stereocenters. The molecule has 0 spiro atoms. The zero-order valence-corrected chi connectivity index (χ0v) is 10.9. The molecule has 0 saturated heterocycles. The van der Waals surface area contributed by atoms with Gasteiger partial charge in [-0.25, -0.2) is 0 Å². The third-order valence-corrected chi connectivity index (χ3v) is 3.32. The van der Waals surface area contributed by atoms with Gasteiger partial charge in [0.15, 0.2) is 0 Å². The molecule has 0 atom stereocenters. The summed E-state index contributed by atoms with van der Waals surface area (Å²) in [4.78, 5) is 0. The molecule has 2 aromatic heterocycles. The summed E-state index contributed by atoms with van der Waals surface area (Å²) in [5.74, 6) is 0. The fourth-order valence-corrected chi connectivity index (χ4v) is 2.23. The molecule has 0 aromatic carbocycles. The molecule has 2 N–H and O–H groups in total. The topological polar surface area (TPSA) is 48.8 Å². The molecule has 0 aliphatic carbocycles. The SMILES string of the molecule is CCc1nn(C)c(Cn2ccc(CN)c2)c1Cl. The molecule has 0 aliphatic rings. The van der Waals surface area contributed by atoms with E-state index in [-0.39, 0.29) is 0 Å². The van der Waals surface area contributed by atoms with Gasteiger partial charge in [0.25, 0.3) is 0 Å². The van der Waals surface area contributed by atoms with Crippen LogP contribution in [-0.2, 0) is 26.6 Å². The van der Waals surface area contributed by atoms with E-state index in [0.29, 0.717) is 6.54 Å². The van der Waals surface area contributed by atoms with Crippen molar-refractivity contribution in [2.45, 2.75) is 26.4 Å². The summed E-state index contributed by atoms with van der Waals surface area (Å²) in [6, 6.07) is 2.02. The van der Waals surface area contributed by atoms with Crippen molar-refractivity contribution >= 4 is 11.6 Å². The van der Waals surface area contributed by atoms with Crippen LogP contribution in [0, 0.1) is 0 Å². The zero-order valence-electron chi connectivity index (χ0n) is 10.2. The second kappa shape index (κ2) is 4.94. The number of hydrogen-bond acceptors (Lipinski definition) is 2. The molecular weight excluding hydrogens is 236 g/mol. The Kier molecular flexibility index (Phi) is 3.54. The maximum atomic E-state index is 6.30. The largest absolute Gasteiger partial charge is 0.348 e. The Labute approximate surface area is 106 Å². The van der Waals surface area contributed by atoms with Crippen molar-refractivity contribution in [2.75, 3.05) is 0 Å². The van der Waals surface area contributed by atoms with Gasteiger partial charge in [0.1, 0.15) is 0 Å². The van der Waals surface area contributed by atoms with Crippen molar-refractivity contribution in [3.05, 3.63) is 40.4 Å². The lowest BCUT2D eigenvalue weighted by Crippen LogP contribution is -2.04. The Morgan fingerprint density at radius 2 is 2.24 bits per heavy atom. The van der Waals surface area contributed by atoms with E-state index < -0.39 is 0 Å². The van der Waals surface area contributed by atoms with Crippen LogP contribution < -0.4 is 5.73 Å². The van der Waals surface area contributed by atoms with E-state index in [4.69, 9.17) is 17.3 Å². The number of aryl methyl sites for hydroxylation is 2. The van der Waals surface area contributed by atoms with Crippen LogP contribution in [0.3, 0.4) is 0 Å². The van der Waals surface area contributed by atoms with Gasteiger partial charge in [0.05, 0.1) is 23.0 Å². The van der Waals surface area contributed by atoms with Gasteiger partial charge in [0.2, 0.25) is 0 Å². The minimum Gasteiger partial charge on any atom is -0.348 e. The lowest BCUT2D eigenvalue weighted by Gasteiger charge is -2.04. The van der Waals surface area contributed by atoms with E-state index in [9.17, 15) is 0 Å². The number of halogens is 1. The zero-order chi connectivity index (χ0) is 12.4. The number of nitrogens with two attached hydrogens (primary N) is 1. The van der Waals surface area contributed by atoms with Crippen LogP contribution in [-0.4, -0.2) is 14.3 Å². The fourth-order valence-electron chi connectivity index (χ4n) is 1.87. The lowest BCUT2D eigenvalue weighted by atomic mass is 10.3. The van der Waals surface area contributed by atoms with E-state index >= 15 is 0 Å². The van der Waals surface area contributed by atoms with Gasteiger partial charge in [-0.3, -0.25) is 4.68 Å². The average Bonchev–Trinajstić information content (AvgIpc) is 2.88. The molecule has 0 saturated carbocycles. The van der Waals surface area contributed by atoms with Gasteiger partial charge in [-0.15, -0.1) is 0 Å². The van der Waals surface area contributed by atoms with Crippen LogP contribution >= 0.6 is 11.6 Å².